The van der Waals surface area contributed by atoms with Gasteiger partial charge in [-0.2, -0.15) is 13.2 Å². The molecule has 1 fully saturated rings. The number of ether oxygens (including phenoxy) is 1. The van der Waals surface area contributed by atoms with E-state index >= 15 is 0 Å². The summed E-state index contributed by atoms with van der Waals surface area (Å²) in [6.07, 6.45) is -4.06. The number of rotatable bonds is 6. The SMILES string of the molecule is CCC(Oc1cccc(/C=C2/SC(=S)N(c3ccc(Cl)cc3C(F)(F)F)C2=O)c1)C(=O)O. The molecule has 1 heterocycles. The molecule has 1 unspecified atom stereocenters. The summed E-state index contributed by atoms with van der Waals surface area (Å²) in [5, 5.41) is 9.02. The first kappa shape index (κ1) is 24.1. The van der Waals surface area contributed by atoms with Crippen LogP contribution in [0.15, 0.2) is 47.4 Å². The Morgan fingerprint density at radius 3 is 2.66 bits per heavy atom. The topological polar surface area (TPSA) is 66.8 Å². The van der Waals surface area contributed by atoms with Crippen molar-refractivity contribution in [3.8, 4) is 5.75 Å². The van der Waals surface area contributed by atoms with Crippen molar-refractivity contribution in [2.45, 2.75) is 25.6 Å². The van der Waals surface area contributed by atoms with E-state index in [-0.39, 0.29) is 26.4 Å². The van der Waals surface area contributed by atoms with Crippen LogP contribution in [-0.2, 0) is 15.8 Å². The first-order valence-corrected chi connectivity index (χ1v) is 10.8. The lowest BCUT2D eigenvalue weighted by Crippen LogP contribution is -2.29. The molecule has 0 spiro atoms. The first-order valence-electron chi connectivity index (χ1n) is 9.15. The normalized spacial score (nSPS) is 16.5. The van der Waals surface area contributed by atoms with Crippen molar-refractivity contribution in [1.82, 2.24) is 0 Å². The van der Waals surface area contributed by atoms with Gasteiger partial charge in [-0.15, -0.1) is 0 Å². The molecular formula is C21H15ClF3NO4S2. The van der Waals surface area contributed by atoms with Gasteiger partial charge in [0.1, 0.15) is 5.75 Å². The van der Waals surface area contributed by atoms with Gasteiger partial charge >= 0.3 is 12.1 Å². The van der Waals surface area contributed by atoms with E-state index in [1.807, 2.05) is 0 Å². The third kappa shape index (κ3) is 5.25. The minimum Gasteiger partial charge on any atom is -0.479 e. The number of benzene rings is 2. The number of alkyl halides is 3. The highest BCUT2D eigenvalue weighted by Gasteiger charge is 2.41. The Labute approximate surface area is 195 Å². The number of carboxylic acid groups (broad SMARTS) is 1. The summed E-state index contributed by atoms with van der Waals surface area (Å²) in [5.41, 5.74) is -0.982. The maximum absolute atomic E-state index is 13.5. The highest BCUT2D eigenvalue weighted by atomic mass is 35.5. The molecule has 3 rings (SSSR count). The molecule has 32 heavy (non-hydrogen) atoms. The van der Waals surface area contributed by atoms with Crippen LogP contribution in [0.1, 0.15) is 24.5 Å². The molecule has 1 N–H and O–H groups in total. The molecule has 0 saturated carbocycles. The van der Waals surface area contributed by atoms with E-state index in [1.165, 1.54) is 18.2 Å². The van der Waals surface area contributed by atoms with Crippen molar-refractivity contribution in [2.24, 2.45) is 0 Å². The van der Waals surface area contributed by atoms with Crippen molar-refractivity contribution >= 4 is 63.5 Å². The van der Waals surface area contributed by atoms with Gasteiger partial charge in [-0.05, 0) is 48.4 Å². The van der Waals surface area contributed by atoms with Gasteiger partial charge in [0.2, 0.25) is 0 Å². The lowest BCUT2D eigenvalue weighted by molar-refractivity contribution is -0.145. The van der Waals surface area contributed by atoms with Crippen LogP contribution in [0.25, 0.3) is 6.08 Å². The molecular weight excluding hydrogens is 487 g/mol. The van der Waals surface area contributed by atoms with Crippen LogP contribution in [0.3, 0.4) is 0 Å². The molecule has 1 saturated heterocycles. The third-order valence-electron chi connectivity index (χ3n) is 4.38. The van der Waals surface area contributed by atoms with Gasteiger partial charge in [-0.3, -0.25) is 9.69 Å². The number of carbonyl (C=O) groups excluding carboxylic acids is 1. The fraction of sp³-hybridized carbons (Fsp3) is 0.190. The lowest BCUT2D eigenvalue weighted by atomic mass is 10.1. The third-order valence-corrected chi connectivity index (χ3v) is 5.92. The summed E-state index contributed by atoms with van der Waals surface area (Å²) >= 11 is 11.7. The van der Waals surface area contributed by atoms with Crippen LogP contribution < -0.4 is 9.64 Å². The number of hydrogen-bond acceptors (Lipinski definition) is 5. The zero-order valence-electron chi connectivity index (χ0n) is 16.4. The number of amides is 1. The van der Waals surface area contributed by atoms with Gasteiger partial charge in [-0.25, -0.2) is 4.79 Å². The summed E-state index contributed by atoms with van der Waals surface area (Å²) in [5.74, 6) is -1.54. The largest absolute Gasteiger partial charge is 0.479 e. The zero-order valence-corrected chi connectivity index (χ0v) is 18.7. The van der Waals surface area contributed by atoms with Crippen molar-refractivity contribution < 1.29 is 32.6 Å². The first-order chi connectivity index (χ1) is 15.0. The Hall–Kier alpha value is -2.56. The van der Waals surface area contributed by atoms with E-state index in [0.29, 0.717) is 5.56 Å². The van der Waals surface area contributed by atoms with Gasteiger partial charge in [0.05, 0.1) is 16.2 Å². The van der Waals surface area contributed by atoms with E-state index < -0.39 is 35.4 Å². The summed E-state index contributed by atoms with van der Waals surface area (Å²) in [7, 11) is 0. The monoisotopic (exact) mass is 501 g/mol. The van der Waals surface area contributed by atoms with Crippen molar-refractivity contribution in [3.05, 3.63) is 63.5 Å². The molecule has 0 bridgehead atoms. The van der Waals surface area contributed by atoms with Crippen molar-refractivity contribution in [2.75, 3.05) is 4.90 Å². The number of carbonyl (C=O) groups is 2. The average molecular weight is 502 g/mol. The summed E-state index contributed by atoms with van der Waals surface area (Å²) in [6, 6.07) is 9.44. The highest BCUT2D eigenvalue weighted by Crippen LogP contribution is 2.43. The highest BCUT2D eigenvalue weighted by molar-refractivity contribution is 8.27. The van der Waals surface area contributed by atoms with Crippen molar-refractivity contribution in [1.29, 1.82) is 0 Å². The van der Waals surface area contributed by atoms with Gasteiger partial charge in [0.25, 0.3) is 5.91 Å². The smallest absolute Gasteiger partial charge is 0.418 e. The Morgan fingerprint density at radius 2 is 2.03 bits per heavy atom. The minimum absolute atomic E-state index is 0.0570. The van der Waals surface area contributed by atoms with Gasteiger partial charge in [0.15, 0.2) is 10.4 Å². The minimum atomic E-state index is -4.74. The number of carboxylic acids is 1. The second-order valence-corrected chi connectivity index (χ2v) is 8.71. The molecule has 0 radical (unpaired) electrons. The number of halogens is 4. The summed E-state index contributed by atoms with van der Waals surface area (Å²) in [4.78, 5) is 25.0. The predicted octanol–water partition coefficient (Wildman–Crippen LogP) is 6.01. The second kappa shape index (κ2) is 9.51. The van der Waals surface area contributed by atoms with Gasteiger partial charge in [-0.1, -0.05) is 54.6 Å². The summed E-state index contributed by atoms with van der Waals surface area (Å²) < 4.78 is 45.9. The van der Waals surface area contributed by atoms with E-state index in [1.54, 1.807) is 25.1 Å². The van der Waals surface area contributed by atoms with Crippen LogP contribution in [0.2, 0.25) is 5.02 Å². The number of hydrogen-bond donors (Lipinski definition) is 1. The van der Waals surface area contributed by atoms with E-state index in [0.717, 1.165) is 28.8 Å². The quantitative estimate of drug-likeness (QED) is 0.386. The summed E-state index contributed by atoms with van der Waals surface area (Å²) in [6.45, 7) is 1.67. The molecule has 5 nitrogen and oxygen atoms in total. The lowest BCUT2D eigenvalue weighted by Gasteiger charge is -2.20. The second-order valence-electron chi connectivity index (χ2n) is 6.60. The number of thiocarbonyl (C=S) groups is 1. The maximum Gasteiger partial charge on any atom is 0.418 e. The van der Waals surface area contributed by atoms with E-state index in [2.05, 4.69) is 0 Å². The number of anilines is 1. The molecule has 1 aliphatic heterocycles. The number of thioether (sulfide) groups is 1. The number of aliphatic carboxylic acids is 1. The van der Waals surface area contributed by atoms with Crippen LogP contribution in [0.5, 0.6) is 5.75 Å². The standard InChI is InChI=1S/C21H15ClF3NO4S2/c1-2-16(19(28)29)30-13-5-3-4-11(8-13)9-17-18(27)26(20(31)32-17)15-7-6-12(22)10-14(15)21(23,24)25/h3-10,16H,2H2,1H3,(H,28,29)/b17-9+. The van der Waals surface area contributed by atoms with Crippen LogP contribution in [0.4, 0.5) is 18.9 Å². The maximum atomic E-state index is 13.5. The van der Waals surface area contributed by atoms with Crippen molar-refractivity contribution in [3.63, 3.8) is 0 Å². The molecule has 0 aromatic heterocycles. The van der Waals surface area contributed by atoms with Crippen LogP contribution in [-0.4, -0.2) is 27.4 Å². The molecule has 2 aromatic rings. The van der Waals surface area contributed by atoms with Crippen LogP contribution in [0, 0.1) is 0 Å². The Balaban J connectivity index is 1.92. The van der Waals surface area contributed by atoms with E-state index in [9.17, 15) is 22.8 Å². The predicted molar refractivity (Wildman–Crippen MR) is 121 cm³/mol. The Morgan fingerprint density at radius 1 is 1.31 bits per heavy atom. The van der Waals surface area contributed by atoms with Gasteiger partial charge in [0, 0.05) is 5.02 Å². The molecule has 1 amide bonds. The molecule has 0 aliphatic carbocycles. The fourth-order valence-corrected chi connectivity index (χ4v) is 4.36. The molecule has 168 valence electrons. The fourth-order valence-electron chi connectivity index (χ4n) is 2.91. The molecule has 2 aromatic carbocycles. The molecule has 1 atom stereocenters. The van der Waals surface area contributed by atoms with E-state index in [4.69, 9.17) is 33.7 Å². The van der Waals surface area contributed by atoms with Crippen LogP contribution >= 0.6 is 35.6 Å². The Bertz CT molecular complexity index is 1120. The van der Waals surface area contributed by atoms with Gasteiger partial charge < -0.3 is 9.84 Å². The molecule has 11 heteroatoms. The molecule has 1 aliphatic rings. The zero-order chi connectivity index (χ0) is 23.6. The Kier molecular flexibility index (Phi) is 7.16. The number of nitrogens with zero attached hydrogens (tertiary/aromatic N) is 1. The average Bonchev–Trinajstić information content (AvgIpc) is 2.98.